The molecule has 0 radical (unpaired) electrons. The zero-order valence-electron chi connectivity index (χ0n) is 8.27. The van der Waals surface area contributed by atoms with Gasteiger partial charge in [-0.1, -0.05) is 12.1 Å². The van der Waals surface area contributed by atoms with Gasteiger partial charge < -0.3 is 11.5 Å². The molecule has 0 fully saturated rings. The Morgan fingerprint density at radius 2 is 2.20 bits per heavy atom. The lowest BCUT2D eigenvalue weighted by atomic mass is 10.2. The Labute approximate surface area is 86.8 Å². The molecule has 0 aliphatic heterocycles. The van der Waals surface area contributed by atoms with Crippen molar-refractivity contribution in [3.05, 3.63) is 35.6 Å². The minimum Gasteiger partial charge on any atom is -0.383 e. The number of amides is 1. The van der Waals surface area contributed by atoms with Crippen LogP contribution >= 0.6 is 0 Å². The number of carbonyl (C=O) groups is 1. The van der Waals surface area contributed by atoms with Crippen LogP contribution < -0.4 is 11.5 Å². The molecule has 1 unspecified atom stereocenters. The minimum absolute atomic E-state index is 0.0307. The van der Waals surface area contributed by atoms with Gasteiger partial charge in [0.25, 0.3) is 5.91 Å². The molecule has 1 aromatic rings. The van der Waals surface area contributed by atoms with Crippen LogP contribution in [0.1, 0.15) is 12.5 Å². The predicted molar refractivity (Wildman–Crippen MR) is 55.8 cm³/mol. The second-order valence-electron chi connectivity index (χ2n) is 3.13. The summed E-state index contributed by atoms with van der Waals surface area (Å²) in [7, 11) is 0. The molecular formula is C10H12FN3O. The number of carbonyl (C=O) groups excluding carboxylic acids is 1. The average Bonchev–Trinajstić information content (AvgIpc) is 2.17. The SMILES string of the molecule is CC(N)C(=O)N=C(N)c1cccc(F)c1. The fourth-order valence-corrected chi connectivity index (χ4v) is 0.933. The first-order valence-electron chi connectivity index (χ1n) is 4.40. The molecule has 1 atom stereocenters. The predicted octanol–water partition coefficient (Wildman–Crippen LogP) is 0.405. The second-order valence-corrected chi connectivity index (χ2v) is 3.13. The third kappa shape index (κ3) is 3.14. The van der Waals surface area contributed by atoms with E-state index < -0.39 is 17.8 Å². The van der Waals surface area contributed by atoms with Crippen molar-refractivity contribution in [1.82, 2.24) is 0 Å². The van der Waals surface area contributed by atoms with E-state index in [4.69, 9.17) is 11.5 Å². The second kappa shape index (κ2) is 4.65. The van der Waals surface area contributed by atoms with Gasteiger partial charge in [-0.05, 0) is 19.1 Å². The van der Waals surface area contributed by atoms with Gasteiger partial charge in [-0.25, -0.2) is 4.39 Å². The fraction of sp³-hybridized carbons (Fsp3) is 0.200. The molecule has 0 spiro atoms. The molecule has 5 heteroatoms. The Kier molecular flexibility index (Phi) is 3.51. The van der Waals surface area contributed by atoms with Gasteiger partial charge in [-0.15, -0.1) is 0 Å². The molecule has 0 aliphatic rings. The molecule has 4 nitrogen and oxygen atoms in total. The first kappa shape index (κ1) is 11.3. The van der Waals surface area contributed by atoms with Crippen molar-refractivity contribution < 1.29 is 9.18 Å². The molecule has 0 saturated heterocycles. The van der Waals surface area contributed by atoms with Gasteiger partial charge in [0.1, 0.15) is 11.7 Å². The number of hydrogen-bond acceptors (Lipinski definition) is 2. The third-order valence-corrected chi connectivity index (χ3v) is 1.74. The molecule has 0 heterocycles. The molecule has 4 N–H and O–H groups in total. The summed E-state index contributed by atoms with van der Waals surface area (Å²) < 4.78 is 12.8. The van der Waals surface area contributed by atoms with Crippen LogP contribution in [0.2, 0.25) is 0 Å². The van der Waals surface area contributed by atoms with Gasteiger partial charge in [0.05, 0.1) is 6.04 Å². The summed E-state index contributed by atoms with van der Waals surface area (Å²) in [4.78, 5) is 14.7. The summed E-state index contributed by atoms with van der Waals surface area (Å²) in [5.41, 5.74) is 11.2. The van der Waals surface area contributed by atoms with Crippen LogP contribution in [-0.2, 0) is 4.79 Å². The summed E-state index contributed by atoms with van der Waals surface area (Å²) in [6.45, 7) is 1.50. The normalized spacial score (nSPS) is 13.7. The monoisotopic (exact) mass is 209 g/mol. The lowest BCUT2D eigenvalue weighted by Gasteiger charge is -2.02. The number of nitrogens with zero attached hydrogens (tertiary/aromatic N) is 1. The molecule has 80 valence electrons. The van der Waals surface area contributed by atoms with Crippen LogP contribution in [0.3, 0.4) is 0 Å². The molecule has 0 aromatic heterocycles. The van der Waals surface area contributed by atoms with E-state index >= 15 is 0 Å². The van der Waals surface area contributed by atoms with Crippen molar-refractivity contribution in [3.63, 3.8) is 0 Å². The van der Waals surface area contributed by atoms with Gasteiger partial charge in [-0.3, -0.25) is 4.79 Å². The fourth-order valence-electron chi connectivity index (χ4n) is 0.933. The molecule has 0 saturated carbocycles. The first-order valence-corrected chi connectivity index (χ1v) is 4.40. The Balaban J connectivity index is 2.94. The van der Waals surface area contributed by atoms with E-state index in [1.807, 2.05) is 0 Å². The number of nitrogens with two attached hydrogens (primary N) is 2. The Morgan fingerprint density at radius 1 is 1.53 bits per heavy atom. The number of rotatable bonds is 2. The summed E-state index contributed by atoms with van der Waals surface area (Å²) >= 11 is 0. The van der Waals surface area contributed by atoms with E-state index in [1.54, 1.807) is 6.07 Å². The number of halogens is 1. The first-order chi connectivity index (χ1) is 7.00. The average molecular weight is 209 g/mol. The van der Waals surface area contributed by atoms with Gasteiger partial charge in [0.15, 0.2) is 0 Å². The van der Waals surface area contributed by atoms with Crippen molar-refractivity contribution in [3.8, 4) is 0 Å². The number of amidine groups is 1. The maximum Gasteiger partial charge on any atom is 0.264 e. The molecule has 1 rings (SSSR count). The topological polar surface area (TPSA) is 81.5 Å². The summed E-state index contributed by atoms with van der Waals surface area (Å²) in [6.07, 6.45) is 0. The zero-order valence-corrected chi connectivity index (χ0v) is 8.27. The molecular weight excluding hydrogens is 197 g/mol. The van der Waals surface area contributed by atoms with Crippen LogP contribution in [0, 0.1) is 5.82 Å². The lowest BCUT2D eigenvalue weighted by molar-refractivity contribution is -0.118. The molecule has 0 bridgehead atoms. The molecule has 1 aromatic carbocycles. The standard InChI is InChI=1S/C10H12FN3O/c1-6(12)10(15)14-9(13)7-3-2-4-8(11)5-7/h2-6H,12H2,1H3,(H2,13,14,15). The van der Waals surface area contributed by atoms with Crippen molar-refractivity contribution in [2.24, 2.45) is 16.5 Å². The maximum absolute atomic E-state index is 12.8. The van der Waals surface area contributed by atoms with E-state index in [2.05, 4.69) is 4.99 Å². The van der Waals surface area contributed by atoms with Crippen molar-refractivity contribution in [1.29, 1.82) is 0 Å². The van der Waals surface area contributed by atoms with E-state index in [0.717, 1.165) is 0 Å². The van der Waals surface area contributed by atoms with Gasteiger partial charge in [0, 0.05) is 5.56 Å². The van der Waals surface area contributed by atoms with Crippen molar-refractivity contribution in [2.45, 2.75) is 13.0 Å². The summed E-state index contributed by atoms with van der Waals surface area (Å²) in [5, 5.41) is 0. The van der Waals surface area contributed by atoms with E-state index in [9.17, 15) is 9.18 Å². The van der Waals surface area contributed by atoms with Crippen molar-refractivity contribution in [2.75, 3.05) is 0 Å². The Hall–Kier alpha value is -1.75. The molecule has 1 amide bonds. The highest BCUT2D eigenvalue weighted by Crippen LogP contribution is 2.03. The third-order valence-electron chi connectivity index (χ3n) is 1.74. The Bertz CT molecular complexity index is 401. The zero-order chi connectivity index (χ0) is 11.4. The van der Waals surface area contributed by atoms with Gasteiger partial charge in [0.2, 0.25) is 0 Å². The Morgan fingerprint density at radius 3 is 2.73 bits per heavy atom. The maximum atomic E-state index is 12.8. The lowest BCUT2D eigenvalue weighted by Crippen LogP contribution is -2.27. The highest BCUT2D eigenvalue weighted by Gasteiger charge is 2.07. The van der Waals surface area contributed by atoms with Crippen LogP contribution in [0.25, 0.3) is 0 Å². The largest absolute Gasteiger partial charge is 0.383 e. The van der Waals surface area contributed by atoms with Gasteiger partial charge in [-0.2, -0.15) is 4.99 Å². The highest BCUT2D eigenvalue weighted by atomic mass is 19.1. The van der Waals surface area contributed by atoms with Crippen LogP contribution in [0.15, 0.2) is 29.3 Å². The van der Waals surface area contributed by atoms with Crippen LogP contribution in [0.4, 0.5) is 4.39 Å². The minimum atomic E-state index is -0.711. The van der Waals surface area contributed by atoms with Crippen molar-refractivity contribution >= 4 is 11.7 Å². The van der Waals surface area contributed by atoms with E-state index in [0.29, 0.717) is 5.56 Å². The van der Waals surface area contributed by atoms with Crippen LogP contribution in [0.5, 0.6) is 0 Å². The van der Waals surface area contributed by atoms with Crippen LogP contribution in [-0.4, -0.2) is 17.8 Å². The van der Waals surface area contributed by atoms with E-state index in [-0.39, 0.29) is 5.84 Å². The molecule has 15 heavy (non-hydrogen) atoms. The van der Waals surface area contributed by atoms with Gasteiger partial charge >= 0.3 is 0 Å². The quantitative estimate of drug-likeness (QED) is 0.546. The van der Waals surface area contributed by atoms with E-state index in [1.165, 1.54) is 25.1 Å². The summed E-state index contributed by atoms with van der Waals surface area (Å²) in [5.74, 6) is -0.993. The number of aliphatic imine (C=N–C) groups is 1. The molecule has 0 aliphatic carbocycles. The smallest absolute Gasteiger partial charge is 0.264 e. The highest BCUT2D eigenvalue weighted by molar-refractivity contribution is 6.04. The number of hydrogen-bond donors (Lipinski definition) is 2. The summed E-state index contributed by atoms with van der Waals surface area (Å²) in [6, 6.07) is 4.83. The number of benzene rings is 1.